The molecule has 79 valence electrons. The monoisotopic (exact) mass is 209 g/mol. The van der Waals surface area contributed by atoms with Gasteiger partial charge in [0.25, 0.3) is 6.47 Å². The van der Waals surface area contributed by atoms with Crippen LogP contribution in [0.2, 0.25) is 0 Å². The van der Waals surface area contributed by atoms with E-state index in [2.05, 4.69) is 15.5 Å². The summed E-state index contributed by atoms with van der Waals surface area (Å²) >= 11 is 0. The van der Waals surface area contributed by atoms with Crippen LogP contribution >= 0.6 is 0 Å². The first-order chi connectivity index (χ1) is 7.33. The molecule has 0 fully saturated rings. The van der Waals surface area contributed by atoms with Crippen molar-refractivity contribution in [1.29, 1.82) is 0 Å². The highest BCUT2D eigenvalue weighted by Gasteiger charge is 2.03. The molecule has 0 N–H and O–H groups in total. The van der Waals surface area contributed by atoms with Gasteiger partial charge in [0.2, 0.25) is 6.79 Å². The summed E-state index contributed by atoms with van der Waals surface area (Å²) in [5.74, 6) is -0.0633. The zero-order valence-electron chi connectivity index (χ0n) is 7.84. The number of esters is 1. The Bertz CT molecular complexity index is 309. The number of carbonyl (C=O) groups excluding carboxylic acids is 2. The molecular weight excluding hydrogens is 200 g/mol. The van der Waals surface area contributed by atoms with Gasteiger partial charge in [-0.05, 0) is 18.2 Å². The minimum absolute atomic E-state index is 0.196. The Kier molecular flexibility index (Phi) is 4.72. The Labute approximate surface area is 86.6 Å². The van der Waals surface area contributed by atoms with Crippen molar-refractivity contribution >= 4 is 12.4 Å². The molecule has 0 aliphatic heterocycles. The first-order valence-electron chi connectivity index (χ1n) is 4.12. The molecule has 0 heterocycles. The molecule has 0 saturated heterocycles. The summed E-state index contributed by atoms with van der Waals surface area (Å²) in [5.41, 5.74) is 0. The first kappa shape index (κ1) is 11.0. The highest BCUT2D eigenvalue weighted by Crippen LogP contribution is 2.07. The zero-order chi connectivity index (χ0) is 10.9. The molecule has 0 bridgehead atoms. The van der Waals surface area contributed by atoms with Gasteiger partial charge in [0, 0.05) is 0 Å². The molecule has 0 saturated carbocycles. The summed E-state index contributed by atoms with van der Waals surface area (Å²) in [6.07, 6.45) is 0. The minimum atomic E-state index is -0.607. The van der Waals surface area contributed by atoms with Crippen LogP contribution in [0.15, 0.2) is 24.3 Å². The summed E-state index contributed by atoms with van der Waals surface area (Å²) in [6.45, 7) is -0.429. The lowest BCUT2D eigenvalue weighted by Crippen LogP contribution is -2.16. The Morgan fingerprint density at radius 2 is 2.13 bits per heavy atom. The smallest absolute Gasteiger partial charge is 0.347 e. The van der Waals surface area contributed by atoms with E-state index in [4.69, 9.17) is 4.74 Å². The Morgan fingerprint density at radius 3 is 2.80 bits per heavy atom. The van der Waals surface area contributed by atoms with Gasteiger partial charge in [0.1, 0.15) is 5.75 Å². The second kappa shape index (κ2) is 6.42. The van der Waals surface area contributed by atoms with Crippen LogP contribution in [0.5, 0.6) is 5.75 Å². The fourth-order valence-electron chi connectivity index (χ4n) is 0.779. The van der Waals surface area contributed by atoms with Gasteiger partial charge in [-0.25, -0.2) is 4.79 Å². The van der Waals surface area contributed by atoms with Crippen LogP contribution in [0, 0.1) is 6.07 Å². The lowest BCUT2D eigenvalue weighted by Gasteiger charge is -2.05. The largest absolute Gasteiger partial charge is 0.482 e. The Balaban J connectivity index is 2.20. The number of hydrogen-bond donors (Lipinski definition) is 0. The Hall–Kier alpha value is -2.04. The van der Waals surface area contributed by atoms with E-state index in [0.717, 1.165) is 0 Å². The number of ether oxygens (including phenoxy) is 3. The summed E-state index contributed by atoms with van der Waals surface area (Å²) in [7, 11) is 0. The third-order valence-corrected chi connectivity index (χ3v) is 1.40. The van der Waals surface area contributed by atoms with Crippen LogP contribution in [0.3, 0.4) is 0 Å². The maximum absolute atomic E-state index is 10.9. The van der Waals surface area contributed by atoms with Crippen LogP contribution < -0.4 is 4.74 Å². The molecule has 1 aromatic rings. The summed E-state index contributed by atoms with van der Waals surface area (Å²) in [5, 5.41) is 0. The molecule has 0 unspecified atom stereocenters. The van der Waals surface area contributed by atoms with Crippen molar-refractivity contribution in [2.45, 2.75) is 0 Å². The van der Waals surface area contributed by atoms with Crippen molar-refractivity contribution < 1.29 is 23.8 Å². The standard InChI is InChI=1S/C10H9O5/c11-7-13-8-15-10(12)6-14-9-4-2-1-3-5-9/h2-5,7H,6,8H2. The molecular formula is C10H9O5. The van der Waals surface area contributed by atoms with Gasteiger partial charge in [0.05, 0.1) is 0 Å². The molecule has 0 aliphatic rings. The number of benzene rings is 1. The van der Waals surface area contributed by atoms with E-state index in [1.807, 2.05) is 0 Å². The fraction of sp³-hybridized carbons (Fsp3) is 0.200. The van der Waals surface area contributed by atoms with Crippen LogP contribution in [0.1, 0.15) is 0 Å². The average Bonchev–Trinajstić information content (AvgIpc) is 2.28. The second-order valence-electron chi connectivity index (χ2n) is 2.42. The maximum Gasteiger partial charge on any atom is 0.347 e. The van der Waals surface area contributed by atoms with Crippen LogP contribution in [-0.4, -0.2) is 25.8 Å². The van der Waals surface area contributed by atoms with Crippen LogP contribution in [0.4, 0.5) is 0 Å². The first-order valence-corrected chi connectivity index (χ1v) is 4.12. The van der Waals surface area contributed by atoms with Gasteiger partial charge in [0.15, 0.2) is 6.61 Å². The molecule has 0 spiro atoms. The second-order valence-corrected chi connectivity index (χ2v) is 2.42. The number of hydrogen-bond acceptors (Lipinski definition) is 5. The molecule has 0 atom stereocenters. The normalized spacial score (nSPS) is 9.07. The maximum atomic E-state index is 10.9. The van der Waals surface area contributed by atoms with E-state index < -0.39 is 12.8 Å². The van der Waals surface area contributed by atoms with Crippen molar-refractivity contribution in [3.05, 3.63) is 30.3 Å². The molecule has 1 radical (unpaired) electrons. The van der Waals surface area contributed by atoms with Gasteiger partial charge in [-0.1, -0.05) is 12.1 Å². The van der Waals surface area contributed by atoms with E-state index in [9.17, 15) is 9.59 Å². The molecule has 15 heavy (non-hydrogen) atoms. The highest BCUT2D eigenvalue weighted by molar-refractivity contribution is 5.71. The van der Waals surface area contributed by atoms with E-state index >= 15 is 0 Å². The predicted molar refractivity (Wildman–Crippen MR) is 48.9 cm³/mol. The molecule has 0 aromatic heterocycles. The van der Waals surface area contributed by atoms with E-state index in [1.54, 1.807) is 24.3 Å². The van der Waals surface area contributed by atoms with E-state index in [0.29, 0.717) is 5.75 Å². The van der Waals surface area contributed by atoms with Crippen molar-refractivity contribution in [1.82, 2.24) is 0 Å². The average molecular weight is 209 g/mol. The van der Waals surface area contributed by atoms with Gasteiger partial charge < -0.3 is 14.2 Å². The third kappa shape index (κ3) is 4.66. The van der Waals surface area contributed by atoms with Crippen LogP contribution in [0.25, 0.3) is 0 Å². The van der Waals surface area contributed by atoms with Crippen molar-refractivity contribution in [2.75, 3.05) is 13.4 Å². The minimum Gasteiger partial charge on any atom is -0.482 e. The molecule has 0 aliphatic carbocycles. The lowest BCUT2D eigenvalue weighted by atomic mass is 10.3. The van der Waals surface area contributed by atoms with Gasteiger partial charge in [-0.15, -0.1) is 0 Å². The quantitative estimate of drug-likeness (QED) is 0.296. The summed E-state index contributed by atoms with van der Waals surface area (Å²) in [6, 6.07) is 9.46. The van der Waals surface area contributed by atoms with Gasteiger partial charge in [-0.2, -0.15) is 0 Å². The fourth-order valence-corrected chi connectivity index (χ4v) is 0.779. The molecule has 1 rings (SSSR count). The number of rotatable bonds is 6. The van der Waals surface area contributed by atoms with Crippen molar-refractivity contribution in [2.24, 2.45) is 0 Å². The van der Waals surface area contributed by atoms with Gasteiger partial charge in [-0.3, -0.25) is 4.79 Å². The third-order valence-electron chi connectivity index (χ3n) is 1.40. The van der Waals surface area contributed by atoms with E-state index in [1.165, 1.54) is 0 Å². The topological polar surface area (TPSA) is 61.8 Å². The van der Waals surface area contributed by atoms with Crippen molar-refractivity contribution in [3.8, 4) is 5.75 Å². The Morgan fingerprint density at radius 1 is 1.40 bits per heavy atom. The zero-order valence-corrected chi connectivity index (χ0v) is 7.84. The van der Waals surface area contributed by atoms with Crippen LogP contribution in [-0.2, 0) is 19.1 Å². The molecule has 1 aromatic carbocycles. The van der Waals surface area contributed by atoms with Crippen molar-refractivity contribution in [3.63, 3.8) is 0 Å². The number of carbonyl (C=O) groups is 2. The van der Waals surface area contributed by atoms with Gasteiger partial charge >= 0.3 is 5.97 Å². The highest BCUT2D eigenvalue weighted by atomic mass is 16.7. The lowest BCUT2D eigenvalue weighted by molar-refractivity contribution is -0.161. The molecule has 0 amide bonds. The summed E-state index contributed by atoms with van der Waals surface area (Å²) in [4.78, 5) is 20.7. The predicted octanol–water partition coefficient (Wildman–Crippen LogP) is 0.539. The molecule has 5 nitrogen and oxygen atoms in total. The van der Waals surface area contributed by atoms with E-state index in [-0.39, 0.29) is 13.1 Å². The SMILES string of the molecule is O=COCOC(=O)COc1cc[c]cc1. The molecule has 5 heteroatoms. The summed E-state index contributed by atoms with van der Waals surface area (Å²) < 4.78 is 13.7.